The zero-order valence-electron chi connectivity index (χ0n) is 5.28. The van der Waals surface area contributed by atoms with Gasteiger partial charge in [0.15, 0.2) is 0 Å². The summed E-state index contributed by atoms with van der Waals surface area (Å²) in [6, 6.07) is 0. The molecular formula is C6H10O3. The first-order valence-electron chi connectivity index (χ1n) is 2.79. The summed E-state index contributed by atoms with van der Waals surface area (Å²) in [5.41, 5.74) is 0. The molecule has 1 N–H and O–H groups in total. The lowest BCUT2D eigenvalue weighted by Gasteiger charge is -2.07. The van der Waals surface area contributed by atoms with Gasteiger partial charge in [-0.1, -0.05) is 6.92 Å². The van der Waals surface area contributed by atoms with Crippen LogP contribution >= 0.6 is 0 Å². The molecule has 3 heteroatoms. The predicted octanol–water partition coefficient (Wildman–Crippen LogP) is -0.229. The smallest absolute Gasteiger partial charge is 0.148 e. The second-order valence-corrected chi connectivity index (χ2v) is 2.01. The second-order valence-electron chi connectivity index (χ2n) is 2.01. The lowest BCUT2D eigenvalue weighted by Crippen LogP contribution is -2.18. The molecule has 0 fully saturated rings. The van der Waals surface area contributed by atoms with Crippen LogP contribution in [0, 0.1) is 5.92 Å². The van der Waals surface area contributed by atoms with Gasteiger partial charge in [-0.25, -0.2) is 0 Å². The minimum atomic E-state index is -0.991. The van der Waals surface area contributed by atoms with Crippen LogP contribution < -0.4 is 0 Å². The van der Waals surface area contributed by atoms with Crippen molar-refractivity contribution in [3.05, 3.63) is 0 Å². The van der Waals surface area contributed by atoms with Crippen LogP contribution in [-0.2, 0) is 9.59 Å². The van der Waals surface area contributed by atoms with Gasteiger partial charge in [0.25, 0.3) is 0 Å². The number of hydrogen-bond donors (Lipinski definition) is 1. The molecule has 0 spiro atoms. The van der Waals surface area contributed by atoms with Gasteiger partial charge in [-0.3, -0.25) is 0 Å². The van der Waals surface area contributed by atoms with Gasteiger partial charge in [0.2, 0.25) is 0 Å². The summed E-state index contributed by atoms with van der Waals surface area (Å²) in [5.74, 6) is -0.250. The van der Waals surface area contributed by atoms with E-state index < -0.39 is 6.10 Å². The van der Waals surface area contributed by atoms with Crippen molar-refractivity contribution in [3.63, 3.8) is 0 Å². The SMILES string of the molecule is C[C@@H](CC=O)C(O)C=O. The van der Waals surface area contributed by atoms with E-state index in [9.17, 15) is 9.59 Å². The molecule has 3 nitrogen and oxygen atoms in total. The second kappa shape index (κ2) is 4.21. The van der Waals surface area contributed by atoms with Gasteiger partial charge in [-0.2, -0.15) is 0 Å². The zero-order chi connectivity index (χ0) is 7.28. The Morgan fingerprint density at radius 2 is 2.11 bits per heavy atom. The summed E-state index contributed by atoms with van der Waals surface area (Å²) in [4.78, 5) is 19.7. The summed E-state index contributed by atoms with van der Waals surface area (Å²) in [5, 5.41) is 8.73. The third kappa shape index (κ3) is 2.98. The normalized spacial score (nSPS) is 16.2. The average Bonchev–Trinajstić information content (AvgIpc) is 1.87. The largest absolute Gasteiger partial charge is 0.385 e. The van der Waals surface area contributed by atoms with Gasteiger partial charge >= 0.3 is 0 Å². The number of carbonyl (C=O) groups excluding carboxylic acids is 2. The number of aldehydes is 2. The number of rotatable bonds is 4. The molecule has 0 bridgehead atoms. The van der Waals surface area contributed by atoms with Crippen LogP contribution in [0.4, 0.5) is 0 Å². The fourth-order valence-corrected chi connectivity index (χ4v) is 0.425. The molecule has 2 atom stereocenters. The Hall–Kier alpha value is -0.700. The van der Waals surface area contributed by atoms with Crippen LogP contribution in [0.2, 0.25) is 0 Å². The zero-order valence-corrected chi connectivity index (χ0v) is 5.28. The fraction of sp³-hybridized carbons (Fsp3) is 0.667. The van der Waals surface area contributed by atoms with E-state index in [-0.39, 0.29) is 12.3 Å². The van der Waals surface area contributed by atoms with E-state index in [1.165, 1.54) is 0 Å². The first kappa shape index (κ1) is 8.30. The number of aliphatic hydroxyl groups excluding tert-OH is 1. The molecule has 0 radical (unpaired) electrons. The van der Waals surface area contributed by atoms with Crippen molar-refractivity contribution in [1.29, 1.82) is 0 Å². The lowest BCUT2D eigenvalue weighted by molar-refractivity contribution is -0.118. The maximum atomic E-state index is 9.86. The monoisotopic (exact) mass is 130 g/mol. The Bertz CT molecular complexity index is 100. The maximum absolute atomic E-state index is 9.86. The molecule has 0 aliphatic carbocycles. The van der Waals surface area contributed by atoms with E-state index in [1.807, 2.05) is 0 Å². The molecule has 0 aromatic rings. The molecule has 0 heterocycles. The van der Waals surface area contributed by atoms with E-state index in [0.717, 1.165) is 0 Å². The van der Waals surface area contributed by atoms with E-state index in [0.29, 0.717) is 12.6 Å². The van der Waals surface area contributed by atoms with Crippen LogP contribution in [0.15, 0.2) is 0 Å². The molecule has 0 aliphatic heterocycles. The highest BCUT2D eigenvalue weighted by Crippen LogP contribution is 2.02. The van der Waals surface area contributed by atoms with E-state index in [4.69, 9.17) is 5.11 Å². The van der Waals surface area contributed by atoms with Crippen molar-refractivity contribution in [2.75, 3.05) is 0 Å². The van der Waals surface area contributed by atoms with Crippen molar-refractivity contribution in [3.8, 4) is 0 Å². The summed E-state index contributed by atoms with van der Waals surface area (Å²) in [6.07, 6.45) is 0.376. The molecule has 0 aliphatic rings. The Morgan fingerprint density at radius 3 is 2.44 bits per heavy atom. The Labute approximate surface area is 53.7 Å². The average molecular weight is 130 g/mol. The summed E-state index contributed by atoms with van der Waals surface area (Å²) in [6.45, 7) is 1.65. The quantitative estimate of drug-likeness (QED) is 0.535. The van der Waals surface area contributed by atoms with Gasteiger partial charge < -0.3 is 14.7 Å². The van der Waals surface area contributed by atoms with E-state index in [2.05, 4.69) is 0 Å². The number of aliphatic hydroxyl groups is 1. The third-order valence-electron chi connectivity index (χ3n) is 1.19. The number of hydrogen-bond acceptors (Lipinski definition) is 3. The molecule has 9 heavy (non-hydrogen) atoms. The molecule has 0 saturated carbocycles. The topological polar surface area (TPSA) is 54.4 Å². The van der Waals surface area contributed by atoms with Crippen LogP contribution in [0.3, 0.4) is 0 Å². The van der Waals surface area contributed by atoms with Crippen molar-refractivity contribution in [2.45, 2.75) is 19.4 Å². The summed E-state index contributed by atoms with van der Waals surface area (Å²) >= 11 is 0. The van der Waals surface area contributed by atoms with Crippen molar-refractivity contribution < 1.29 is 14.7 Å². The molecule has 52 valence electrons. The molecule has 0 aromatic heterocycles. The first-order valence-corrected chi connectivity index (χ1v) is 2.79. The van der Waals surface area contributed by atoms with E-state index in [1.54, 1.807) is 6.92 Å². The molecule has 1 unspecified atom stereocenters. The molecule has 0 rings (SSSR count). The third-order valence-corrected chi connectivity index (χ3v) is 1.19. The molecule has 0 saturated heterocycles. The standard InChI is InChI=1S/C6H10O3/c1-5(2-3-7)6(9)4-8/h3-6,9H,2H2,1H3/t5-,6?/m0/s1. The Balaban J connectivity index is 3.56. The lowest BCUT2D eigenvalue weighted by atomic mass is 10.0. The predicted molar refractivity (Wildman–Crippen MR) is 31.9 cm³/mol. The fourth-order valence-electron chi connectivity index (χ4n) is 0.425. The minimum absolute atomic E-state index is 0.236. The van der Waals surface area contributed by atoms with Gasteiger partial charge in [-0.15, -0.1) is 0 Å². The van der Waals surface area contributed by atoms with Crippen molar-refractivity contribution in [1.82, 2.24) is 0 Å². The Kier molecular flexibility index (Phi) is 3.88. The van der Waals surface area contributed by atoms with Gasteiger partial charge in [-0.05, 0) is 5.92 Å². The molecule has 0 amide bonds. The van der Waals surface area contributed by atoms with Gasteiger partial charge in [0.05, 0.1) is 0 Å². The van der Waals surface area contributed by atoms with Crippen LogP contribution in [-0.4, -0.2) is 23.8 Å². The highest BCUT2D eigenvalue weighted by Gasteiger charge is 2.10. The van der Waals surface area contributed by atoms with Crippen LogP contribution in [0.25, 0.3) is 0 Å². The van der Waals surface area contributed by atoms with Gasteiger partial charge in [0, 0.05) is 6.42 Å². The minimum Gasteiger partial charge on any atom is -0.385 e. The highest BCUT2D eigenvalue weighted by atomic mass is 16.3. The number of carbonyl (C=O) groups is 2. The van der Waals surface area contributed by atoms with Crippen molar-refractivity contribution >= 4 is 12.6 Å². The van der Waals surface area contributed by atoms with Gasteiger partial charge in [0.1, 0.15) is 18.7 Å². The summed E-state index contributed by atoms with van der Waals surface area (Å²) < 4.78 is 0. The molecular weight excluding hydrogens is 120 g/mol. The molecule has 0 aromatic carbocycles. The first-order chi connectivity index (χ1) is 4.22. The van der Waals surface area contributed by atoms with Crippen molar-refractivity contribution in [2.24, 2.45) is 5.92 Å². The maximum Gasteiger partial charge on any atom is 0.148 e. The van der Waals surface area contributed by atoms with Crippen LogP contribution in [0.5, 0.6) is 0 Å². The van der Waals surface area contributed by atoms with E-state index >= 15 is 0 Å². The Morgan fingerprint density at radius 1 is 1.56 bits per heavy atom. The van der Waals surface area contributed by atoms with Crippen LogP contribution in [0.1, 0.15) is 13.3 Å². The highest BCUT2D eigenvalue weighted by molar-refractivity contribution is 5.58. The summed E-state index contributed by atoms with van der Waals surface area (Å²) in [7, 11) is 0.